The van der Waals surface area contributed by atoms with E-state index >= 15 is 0 Å². The summed E-state index contributed by atoms with van der Waals surface area (Å²) in [6.45, 7) is 5.91. The maximum absolute atomic E-state index is 11.2. The van der Waals surface area contributed by atoms with Crippen LogP contribution in [0.25, 0.3) is 0 Å². The van der Waals surface area contributed by atoms with Crippen LogP contribution >= 0.6 is 0 Å². The first kappa shape index (κ1) is 16.4. The Kier molecular flexibility index (Phi) is 8.16. The molecular weight excluding hydrogens is 242 g/mol. The van der Waals surface area contributed by atoms with Crippen molar-refractivity contribution in [1.29, 1.82) is 0 Å². The second-order valence-corrected chi connectivity index (χ2v) is 6.40. The van der Waals surface area contributed by atoms with Gasteiger partial charge in [0.15, 0.2) is 0 Å². The van der Waals surface area contributed by atoms with Gasteiger partial charge in [0.1, 0.15) is 5.60 Å². The number of aliphatic hydroxyl groups is 1. The SMILES string of the molecule is CC(C)(C)OC(=O)NCCCCS(=O)CCO. The standard InChI is InChI=1S/C11H23NO4S/c1-11(2,3)16-10(14)12-6-4-5-8-17(15)9-7-13/h13H,4-9H2,1-3H3,(H,12,14). The fraction of sp³-hybridized carbons (Fsp3) is 0.909. The second-order valence-electron chi connectivity index (χ2n) is 4.71. The van der Waals surface area contributed by atoms with Crippen LogP contribution in [0.4, 0.5) is 4.79 Å². The second kappa shape index (κ2) is 8.47. The average molecular weight is 265 g/mol. The highest BCUT2D eigenvalue weighted by atomic mass is 32.2. The maximum atomic E-state index is 11.2. The van der Waals surface area contributed by atoms with Crippen LogP contribution in [0.3, 0.4) is 0 Å². The Labute approximate surface area is 105 Å². The van der Waals surface area contributed by atoms with Gasteiger partial charge < -0.3 is 15.2 Å². The number of nitrogens with one attached hydrogen (secondary N) is 1. The smallest absolute Gasteiger partial charge is 0.407 e. The number of rotatable bonds is 7. The van der Waals surface area contributed by atoms with Gasteiger partial charge in [0.2, 0.25) is 0 Å². The van der Waals surface area contributed by atoms with E-state index in [-0.39, 0.29) is 6.61 Å². The van der Waals surface area contributed by atoms with Crippen LogP contribution in [0.2, 0.25) is 0 Å². The quantitative estimate of drug-likeness (QED) is 0.674. The lowest BCUT2D eigenvalue weighted by molar-refractivity contribution is 0.0527. The molecule has 0 aliphatic carbocycles. The number of hydrogen-bond donors (Lipinski definition) is 2. The van der Waals surface area contributed by atoms with Gasteiger partial charge in [-0.05, 0) is 33.6 Å². The van der Waals surface area contributed by atoms with Crippen molar-refractivity contribution in [2.45, 2.75) is 39.2 Å². The third-order valence-electron chi connectivity index (χ3n) is 1.79. The molecule has 0 radical (unpaired) electrons. The number of amides is 1. The third kappa shape index (κ3) is 11.6. The minimum absolute atomic E-state index is 0.0389. The lowest BCUT2D eigenvalue weighted by Gasteiger charge is -2.19. The molecule has 1 atom stereocenters. The zero-order valence-corrected chi connectivity index (χ0v) is 11.6. The Morgan fingerprint density at radius 3 is 2.47 bits per heavy atom. The summed E-state index contributed by atoms with van der Waals surface area (Å²) in [5.41, 5.74) is -0.479. The number of hydrogen-bond acceptors (Lipinski definition) is 4. The van der Waals surface area contributed by atoms with E-state index in [1.165, 1.54) is 0 Å². The highest BCUT2D eigenvalue weighted by Gasteiger charge is 2.15. The molecule has 1 unspecified atom stereocenters. The Morgan fingerprint density at radius 1 is 1.29 bits per heavy atom. The van der Waals surface area contributed by atoms with E-state index in [9.17, 15) is 9.00 Å². The van der Waals surface area contributed by atoms with Gasteiger partial charge in [0.05, 0.1) is 6.61 Å². The fourth-order valence-electron chi connectivity index (χ4n) is 1.10. The summed E-state index contributed by atoms with van der Waals surface area (Å²) >= 11 is 0. The zero-order valence-electron chi connectivity index (χ0n) is 10.8. The van der Waals surface area contributed by atoms with Crippen molar-refractivity contribution in [2.75, 3.05) is 24.7 Å². The summed E-state index contributed by atoms with van der Waals surface area (Å²) in [5.74, 6) is 0.899. The van der Waals surface area contributed by atoms with Crippen LogP contribution in [0, 0.1) is 0 Å². The Balaban J connectivity index is 3.46. The molecule has 0 saturated carbocycles. The first-order chi connectivity index (χ1) is 7.85. The molecule has 17 heavy (non-hydrogen) atoms. The number of unbranched alkanes of at least 4 members (excludes halogenated alkanes) is 1. The van der Waals surface area contributed by atoms with Crippen molar-refractivity contribution in [2.24, 2.45) is 0 Å². The molecule has 0 bridgehead atoms. The van der Waals surface area contributed by atoms with E-state index in [0.717, 1.165) is 12.8 Å². The molecule has 0 aliphatic heterocycles. The summed E-state index contributed by atoms with van der Waals surface area (Å²) in [6.07, 6.45) is 1.10. The lowest BCUT2D eigenvalue weighted by Crippen LogP contribution is -2.33. The largest absolute Gasteiger partial charge is 0.444 e. The molecule has 5 nitrogen and oxygen atoms in total. The normalized spacial score (nSPS) is 13.2. The van der Waals surface area contributed by atoms with Gasteiger partial charge in [-0.2, -0.15) is 0 Å². The number of carbonyl (C=O) groups excluding carboxylic acids is 1. The predicted octanol–water partition coefficient (Wildman–Crippen LogP) is 1.03. The van der Waals surface area contributed by atoms with Gasteiger partial charge in [-0.3, -0.25) is 4.21 Å². The summed E-state index contributed by atoms with van der Waals surface area (Å²) in [4.78, 5) is 11.2. The van der Waals surface area contributed by atoms with Gasteiger partial charge in [0.25, 0.3) is 0 Å². The summed E-state index contributed by atoms with van der Waals surface area (Å²) in [6, 6.07) is 0. The molecule has 1 amide bonds. The van der Waals surface area contributed by atoms with Crippen LogP contribution in [-0.4, -0.2) is 45.7 Å². The van der Waals surface area contributed by atoms with Gasteiger partial charge in [-0.15, -0.1) is 0 Å². The van der Waals surface area contributed by atoms with Gasteiger partial charge in [-0.1, -0.05) is 0 Å². The van der Waals surface area contributed by atoms with Crippen molar-refractivity contribution >= 4 is 16.9 Å². The van der Waals surface area contributed by atoms with E-state index < -0.39 is 22.5 Å². The first-order valence-electron chi connectivity index (χ1n) is 5.78. The van der Waals surface area contributed by atoms with E-state index in [1.54, 1.807) is 0 Å². The first-order valence-corrected chi connectivity index (χ1v) is 7.26. The van der Waals surface area contributed by atoms with Crippen LogP contribution in [-0.2, 0) is 15.5 Å². The Morgan fingerprint density at radius 2 is 1.94 bits per heavy atom. The fourth-order valence-corrected chi connectivity index (χ4v) is 2.03. The number of carbonyl (C=O) groups is 1. The summed E-state index contributed by atoms with van der Waals surface area (Å²) in [7, 11) is -0.944. The van der Waals surface area contributed by atoms with Crippen LogP contribution < -0.4 is 5.32 Å². The van der Waals surface area contributed by atoms with E-state index in [0.29, 0.717) is 18.1 Å². The number of ether oxygens (including phenoxy) is 1. The van der Waals surface area contributed by atoms with Gasteiger partial charge >= 0.3 is 6.09 Å². The summed E-state index contributed by atoms with van der Waals surface area (Å²) < 4.78 is 16.2. The molecule has 0 aromatic rings. The lowest BCUT2D eigenvalue weighted by atomic mass is 10.2. The van der Waals surface area contributed by atoms with Crippen LogP contribution in [0.1, 0.15) is 33.6 Å². The van der Waals surface area contributed by atoms with Crippen molar-refractivity contribution in [3.05, 3.63) is 0 Å². The number of alkyl carbamates (subject to hydrolysis) is 1. The van der Waals surface area contributed by atoms with Crippen LogP contribution in [0.15, 0.2) is 0 Å². The molecule has 2 N–H and O–H groups in total. The molecule has 0 fully saturated rings. The van der Waals surface area contributed by atoms with E-state index in [1.807, 2.05) is 20.8 Å². The Bertz CT molecular complexity index is 250. The predicted molar refractivity (Wildman–Crippen MR) is 68.4 cm³/mol. The highest BCUT2D eigenvalue weighted by Crippen LogP contribution is 2.06. The van der Waals surface area contributed by atoms with E-state index in [4.69, 9.17) is 9.84 Å². The van der Waals surface area contributed by atoms with Gasteiger partial charge in [-0.25, -0.2) is 4.79 Å². The van der Waals surface area contributed by atoms with E-state index in [2.05, 4.69) is 5.32 Å². The monoisotopic (exact) mass is 265 g/mol. The average Bonchev–Trinajstić information content (AvgIpc) is 2.14. The minimum atomic E-state index is -0.944. The molecule has 0 aliphatic rings. The summed E-state index contributed by atoms with van der Waals surface area (Å²) in [5, 5.41) is 11.2. The molecule has 0 aromatic heterocycles. The van der Waals surface area contributed by atoms with Crippen molar-refractivity contribution in [3.8, 4) is 0 Å². The van der Waals surface area contributed by atoms with Crippen molar-refractivity contribution < 1.29 is 18.8 Å². The molecule has 6 heteroatoms. The topological polar surface area (TPSA) is 75.6 Å². The zero-order chi connectivity index (χ0) is 13.3. The maximum Gasteiger partial charge on any atom is 0.407 e. The van der Waals surface area contributed by atoms with Gasteiger partial charge in [0, 0.05) is 28.9 Å². The number of aliphatic hydroxyl groups excluding tert-OH is 1. The third-order valence-corrected chi connectivity index (χ3v) is 3.17. The minimum Gasteiger partial charge on any atom is -0.444 e. The van der Waals surface area contributed by atoms with Crippen molar-refractivity contribution in [1.82, 2.24) is 5.32 Å². The van der Waals surface area contributed by atoms with Crippen LogP contribution in [0.5, 0.6) is 0 Å². The molecule has 102 valence electrons. The molecule has 0 aromatic carbocycles. The molecule has 0 saturated heterocycles. The van der Waals surface area contributed by atoms with Crippen molar-refractivity contribution in [3.63, 3.8) is 0 Å². The Hall–Kier alpha value is -0.620. The molecular formula is C11H23NO4S. The molecule has 0 spiro atoms. The highest BCUT2D eigenvalue weighted by molar-refractivity contribution is 7.84. The molecule has 0 heterocycles. The molecule has 0 rings (SSSR count).